The third-order valence-electron chi connectivity index (χ3n) is 5.04. The van der Waals surface area contributed by atoms with E-state index in [9.17, 15) is 9.59 Å². The number of fused-ring (bicyclic) bond motifs is 1. The van der Waals surface area contributed by atoms with Gasteiger partial charge in [0.1, 0.15) is 0 Å². The molecule has 0 unspecified atom stereocenters. The summed E-state index contributed by atoms with van der Waals surface area (Å²) in [5.74, 6) is 0.916. The molecule has 3 aliphatic rings. The van der Waals surface area contributed by atoms with Gasteiger partial charge >= 0.3 is 0 Å². The maximum atomic E-state index is 11.8. The molecule has 22 heavy (non-hydrogen) atoms. The van der Waals surface area contributed by atoms with Gasteiger partial charge in [0, 0.05) is 56.7 Å². The highest BCUT2D eigenvalue weighted by molar-refractivity contribution is 5.95. The van der Waals surface area contributed by atoms with Crippen LogP contribution in [0.3, 0.4) is 0 Å². The number of anilines is 1. The molecule has 3 saturated heterocycles. The van der Waals surface area contributed by atoms with E-state index in [1.165, 1.54) is 5.56 Å². The molecule has 3 fully saturated rings. The van der Waals surface area contributed by atoms with Gasteiger partial charge in [-0.3, -0.25) is 14.5 Å². The fraction of sp³-hybridized carbons (Fsp3) is 0.529. The number of nitrogens with one attached hydrogen (secondary N) is 1. The lowest BCUT2D eigenvalue weighted by Crippen LogP contribution is -2.32. The van der Waals surface area contributed by atoms with Crippen LogP contribution in [0.5, 0.6) is 0 Å². The highest BCUT2D eigenvalue weighted by Gasteiger charge is 2.39. The van der Waals surface area contributed by atoms with Crippen molar-refractivity contribution in [1.82, 2.24) is 10.2 Å². The van der Waals surface area contributed by atoms with Crippen molar-refractivity contribution in [3.8, 4) is 0 Å². The van der Waals surface area contributed by atoms with Gasteiger partial charge in [-0.1, -0.05) is 12.1 Å². The summed E-state index contributed by atoms with van der Waals surface area (Å²) in [7, 11) is 0. The molecule has 0 spiro atoms. The van der Waals surface area contributed by atoms with E-state index in [1.54, 1.807) is 0 Å². The first kappa shape index (κ1) is 13.8. The first-order chi connectivity index (χ1) is 10.7. The van der Waals surface area contributed by atoms with Crippen molar-refractivity contribution < 1.29 is 9.59 Å². The number of nitrogens with zero attached hydrogens (tertiary/aromatic N) is 2. The van der Waals surface area contributed by atoms with Crippen LogP contribution in [-0.2, 0) is 16.1 Å². The van der Waals surface area contributed by atoms with Crippen molar-refractivity contribution in [2.75, 3.05) is 24.5 Å². The van der Waals surface area contributed by atoms with E-state index in [-0.39, 0.29) is 11.8 Å². The van der Waals surface area contributed by atoms with E-state index in [4.69, 9.17) is 0 Å². The summed E-state index contributed by atoms with van der Waals surface area (Å²) in [6, 6.07) is 8.68. The minimum atomic E-state index is 0.203. The quantitative estimate of drug-likeness (QED) is 0.910. The molecule has 2 amide bonds. The maximum Gasteiger partial charge on any atom is 0.227 e. The first-order valence-corrected chi connectivity index (χ1v) is 8.10. The number of carbonyl (C=O) groups is 2. The lowest BCUT2D eigenvalue weighted by molar-refractivity contribution is -0.120. The molecule has 4 rings (SSSR count). The first-order valence-electron chi connectivity index (χ1n) is 8.10. The van der Waals surface area contributed by atoms with Crippen molar-refractivity contribution in [2.45, 2.75) is 31.8 Å². The van der Waals surface area contributed by atoms with Crippen molar-refractivity contribution in [3.05, 3.63) is 29.8 Å². The summed E-state index contributed by atoms with van der Waals surface area (Å²) in [5.41, 5.74) is 2.28. The molecule has 5 heteroatoms. The Kier molecular flexibility index (Phi) is 3.37. The van der Waals surface area contributed by atoms with Crippen LogP contribution in [0.25, 0.3) is 0 Å². The summed E-state index contributed by atoms with van der Waals surface area (Å²) in [6.45, 7) is 3.70. The van der Waals surface area contributed by atoms with Gasteiger partial charge in [0.05, 0.1) is 0 Å². The van der Waals surface area contributed by atoms with Gasteiger partial charge in [-0.05, 0) is 24.1 Å². The molecular formula is C17H21N3O2. The Balaban J connectivity index is 1.38. The van der Waals surface area contributed by atoms with Crippen LogP contribution in [-0.4, -0.2) is 42.4 Å². The van der Waals surface area contributed by atoms with Crippen LogP contribution in [0.1, 0.15) is 24.8 Å². The van der Waals surface area contributed by atoms with E-state index >= 15 is 0 Å². The van der Waals surface area contributed by atoms with E-state index in [0.29, 0.717) is 24.8 Å². The largest absolute Gasteiger partial charge is 0.352 e. The number of benzene rings is 1. The second-order valence-electron chi connectivity index (χ2n) is 6.65. The van der Waals surface area contributed by atoms with Crippen LogP contribution >= 0.6 is 0 Å². The average molecular weight is 299 g/mol. The monoisotopic (exact) mass is 299 g/mol. The molecule has 0 aliphatic carbocycles. The Morgan fingerprint density at radius 3 is 2.64 bits per heavy atom. The average Bonchev–Trinajstić information content (AvgIpc) is 3.14. The van der Waals surface area contributed by atoms with Gasteiger partial charge in [-0.15, -0.1) is 0 Å². The molecule has 1 aromatic rings. The number of likely N-dealkylation sites (tertiary alicyclic amines) is 1. The Morgan fingerprint density at radius 1 is 1.14 bits per heavy atom. The van der Waals surface area contributed by atoms with Crippen LogP contribution in [0.15, 0.2) is 24.3 Å². The topological polar surface area (TPSA) is 52.7 Å². The van der Waals surface area contributed by atoms with Crippen molar-refractivity contribution >= 4 is 17.5 Å². The smallest absolute Gasteiger partial charge is 0.227 e. The van der Waals surface area contributed by atoms with Crippen LogP contribution in [0.2, 0.25) is 0 Å². The molecule has 3 aliphatic heterocycles. The standard InChI is InChI=1S/C17H21N3O2/c21-16-8-13-10-19(11-15(13)18-16)9-12-3-5-14(6-4-12)20-7-1-2-17(20)22/h3-6,13,15H,1-2,7-11H2,(H,18,21)/t13-,15+/m0/s1. The van der Waals surface area contributed by atoms with E-state index < -0.39 is 0 Å². The predicted molar refractivity (Wildman–Crippen MR) is 83.3 cm³/mol. The van der Waals surface area contributed by atoms with Crippen molar-refractivity contribution in [3.63, 3.8) is 0 Å². The highest BCUT2D eigenvalue weighted by atomic mass is 16.2. The second kappa shape index (κ2) is 5.39. The number of hydrogen-bond acceptors (Lipinski definition) is 3. The molecule has 0 aromatic heterocycles. The second-order valence-corrected chi connectivity index (χ2v) is 6.65. The molecule has 1 aromatic carbocycles. The molecule has 0 radical (unpaired) electrons. The van der Waals surface area contributed by atoms with E-state index in [1.807, 2.05) is 4.90 Å². The Morgan fingerprint density at radius 2 is 1.95 bits per heavy atom. The number of amides is 2. The summed E-state index contributed by atoms with van der Waals surface area (Å²) >= 11 is 0. The van der Waals surface area contributed by atoms with E-state index in [2.05, 4.69) is 34.5 Å². The molecule has 2 atom stereocenters. The normalized spacial score (nSPS) is 28.3. The van der Waals surface area contributed by atoms with Crippen LogP contribution < -0.4 is 10.2 Å². The summed E-state index contributed by atoms with van der Waals surface area (Å²) < 4.78 is 0. The van der Waals surface area contributed by atoms with Crippen LogP contribution in [0.4, 0.5) is 5.69 Å². The fourth-order valence-corrected chi connectivity index (χ4v) is 3.92. The zero-order valence-electron chi connectivity index (χ0n) is 12.6. The van der Waals surface area contributed by atoms with Gasteiger partial charge < -0.3 is 10.2 Å². The summed E-state index contributed by atoms with van der Waals surface area (Å²) in [4.78, 5) is 27.4. The molecule has 0 saturated carbocycles. The molecule has 1 N–H and O–H groups in total. The molecule has 116 valence electrons. The predicted octanol–water partition coefficient (Wildman–Crippen LogP) is 1.13. The minimum absolute atomic E-state index is 0.203. The number of carbonyl (C=O) groups excluding carboxylic acids is 2. The zero-order valence-corrected chi connectivity index (χ0v) is 12.6. The SMILES string of the molecule is O=C1C[C@H]2CN(Cc3ccc(N4CCCC4=O)cc3)C[C@H]2N1. The zero-order chi connectivity index (χ0) is 15.1. The Hall–Kier alpha value is -1.88. The summed E-state index contributed by atoms with van der Waals surface area (Å²) in [6.07, 6.45) is 2.31. The summed E-state index contributed by atoms with van der Waals surface area (Å²) in [5, 5.41) is 3.06. The Bertz CT molecular complexity index is 582. The molecule has 0 bridgehead atoms. The van der Waals surface area contributed by atoms with Gasteiger partial charge in [-0.25, -0.2) is 0 Å². The molecule has 5 nitrogen and oxygen atoms in total. The third kappa shape index (κ3) is 2.50. The number of hydrogen-bond donors (Lipinski definition) is 1. The Labute approximate surface area is 130 Å². The van der Waals surface area contributed by atoms with E-state index in [0.717, 1.165) is 38.3 Å². The molecular weight excluding hydrogens is 278 g/mol. The number of rotatable bonds is 3. The van der Waals surface area contributed by atoms with Crippen molar-refractivity contribution in [2.24, 2.45) is 5.92 Å². The van der Waals surface area contributed by atoms with Gasteiger partial charge in [0.25, 0.3) is 0 Å². The lowest BCUT2D eigenvalue weighted by Gasteiger charge is -2.19. The van der Waals surface area contributed by atoms with Crippen molar-refractivity contribution in [1.29, 1.82) is 0 Å². The maximum absolute atomic E-state index is 11.8. The minimum Gasteiger partial charge on any atom is -0.352 e. The third-order valence-corrected chi connectivity index (χ3v) is 5.04. The highest BCUT2D eigenvalue weighted by Crippen LogP contribution is 2.27. The van der Waals surface area contributed by atoms with Gasteiger partial charge in [0.15, 0.2) is 0 Å². The molecule has 3 heterocycles. The fourth-order valence-electron chi connectivity index (χ4n) is 3.92. The van der Waals surface area contributed by atoms with Gasteiger partial charge in [-0.2, -0.15) is 0 Å². The van der Waals surface area contributed by atoms with Gasteiger partial charge in [0.2, 0.25) is 11.8 Å². The lowest BCUT2D eigenvalue weighted by atomic mass is 10.1. The van der Waals surface area contributed by atoms with Crippen LogP contribution in [0, 0.1) is 5.92 Å².